The molecule has 1 amide bonds. The van der Waals surface area contributed by atoms with E-state index in [9.17, 15) is 13.2 Å². The smallest absolute Gasteiger partial charge is 0.259 e. The van der Waals surface area contributed by atoms with Crippen LogP contribution >= 0.6 is 0 Å². The zero-order valence-electron chi connectivity index (χ0n) is 14.3. The molecule has 8 heteroatoms. The molecule has 0 atom stereocenters. The summed E-state index contributed by atoms with van der Waals surface area (Å²) in [5, 5.41) is 8.47. The van der Waals surface area contributed by atoms with Crippen LogP contribution in [-0.4, -0.2) is 21.4 Å². The highest BCUT2D eigenvalue weighted by Crippen LogP contribution is 2.29. The Kier molecular flexibility index (Phi) is 4.71. The molecule has 0 saturated heterocycles. The number of nitrogens with two attached hydrogens (primary N) is 1. The highest BCUT2D eigenvalue weighted by molar-refractivity contribution is 7.88. The number of nitrogens with one attached hydrogen (secondary N) is 1. The monoisotopic (exact) mass is 374 g/mol. The SMILES string of the molecule is COc1ccc2oc(C)c(C(=O)Nc3cccc(CS(N)(=O)=O)c3)c2c1. The van der Waals surface area contributed by atoms with Crippen LogP contribution in [0.4, 0.5) is 5.69 Å². The summed E-state index contributed by atoms with van der Waals surface area (Å²) in [7, 11) is -2.10. The van der Waals surface area contributed by atoms with Crippen LogP contribution in [0, 0.1) is 6.92 Å². The molecule has 0 bridgehead atoms. The quantitative estimate of drug-likeness (QED) is 0.713. The molecule has 0 spiro atoms. The molecule has 1 aromatic heterocycles. The minimum absolute atomic E-state index is 0.304. The van der Waals surface area contributed by atoms with Crippen molar-refractivity contribution in [2.24, 2.45) is 5.14 Å². The van der Waals surface area contributed by atoms with Crippen LogP contribution in [0.3, 0.4) is 0 Å². The van der Waals surface area contributed by atoms with E-state index in [1.54, 1.807) is 56.5 Å². The Labute approximate surface area is 150 Å². The first-order valence-electron chi connectivity index (χ1n) is 7.75. The zero-order chi connectivity index (χ0) is 18.9. The number of anilines is 1. The van der Waals surface area contributed by atoms with Crippen molar-refractivity contribution in [2.75, 3.05) is 12.4 Å². The number of amides is 1. The van der Waals surface area contributed by atoms with Gasteiger partial charge in [-0.15, -0.1) is 0 Å². The second-order valence-corrected chi connectivity index (χ2v) is 7.47. The normalized spacial score (nSPS) is 11.5. The lowest BCUT2D eigenvalue weighted by Crippen LogP contribution is -2.15. The average molecular weight is 374 g/mol. The predicted molar refractivity (Wildman–Crippen MR) is 98.7 cm³/mol. The van der Waals surface area contributed by atoms with Crippen molar-refractivity contribution in [1.82, 2.24) is 0 Å². The van der Waals surface area contributed by atoms with Gasteiger partial charge in [0, 0.05) is 11.1 Å². The van der Waals surface area contributed by atoms with Gasteiger partial charge in [-0.3, -0.25) is 4.79 Å². The number of fused-ring (bicyclic) bond motifs is 1. The minimum atomic E-state index is -3.65. The first-order chi connectivity index (χ1) is 12.3. The minimum Gasteiger partial charge on any atom is -0.497 e. The third-order valence-electron chi connectivity index (χ3n) is 3.85. The van der Waals surface area contributed by atoms with Crippen molar-refractivity contribution in [2.45, 2.75) is 12.7 Å². The lowest BCUT2D eigenvalue weighted by Gasteiger charge is -2.07. The number of primary sulfonamides is 1. The first-order valence-corrected chi connectivity index (χ1v) is 9.46. The Balaban J connectivity index is 1.92. The van der Waals surface area contributed by atoms with Crippen LogP contribution in [0.2, 0.25) is 0 Å². The fourth-order valence-electron chi connectivity index (χ4n) is 2.77. The van der Waals surface area contributed by atoms with E-state index in [0.717, 1.165) is 0 Å². The molecule has 1 heterocycles. The topological polar surface area (TPSA) is 112 Å². The Bertz CT molecular complexity index is 1090. The molecule has 3 rings (SSSR count). The molecule has 7 nitrogen and oxygen atoms in total. The van der Waals surface area contributed by atoms with E-state index in [4.69, 9.17) is 14.3 Å². The lowest BCUT2D eigenvalue weighted by atomic mass is 10.1. The van der Waals surface area contributed by atoms with Crippen molar-refractivity contribution in [3.63, 3.8) is 0 Å². The number of carbonyl (C=O) groups is 1. The van der Waals surface area contributed by atoms with Gasteiger partial charge in [0.15, 0.2) is 0 Å². The van der Waals surface area contributed by atoms with Crippen molar-refractivity contribution in [3.8, 4) is 5.75 Å². The fraction of sp³-hybridized carbons (Fsp3) is 0.167. The summed E-state index contributed by atoms with van der Waals surface area (Å²) in [6.07, 6.45) is 0. The summed E-state index contributed by atoms with van der Waals surface area (Å²) in [6, 6.07) is 11.7. The Morgan fingerprint density at radius 3 is 2.69 bits per heavy atom. The summed E-state index contributed by atoms with van der Waals surface area (Å²) in [5.74, 6) is 0.429. The number of furan rings is 1. The first kappa shape index (κ1) is 18.0. The number of ether oxygens (including phenoxy) is 1. The van der Waals surface area contributed by atoms with Gasteiger partial charge in [-0.25, -0.2) is 13.6 Å². The summed E-state index contributed by atoms with van der Waals surface area (Å²) < 4.78 is 33.3. The van der Waals surface area contributed by atoms with E-state index < -0.39 is 10.0 Å². The average Bonchev–Trinajstić information content (AvgIpc) is 2.88. The number of hydrogen-bond donors (Lipinski definition) is 2. The maximum absolute atomic E-state index is 12.8. The molecule has 26 heavy (non-hydrogen) atoms. The molecule has 0 unspecified atom stereocenters. The van der Waals surface area contributed by atoms with Gasteiger partial charge in [0.1, 0.15) is 17.1 Å². The predicted octanol–water partition coefficient (Wildman–Crippen LogP) is 2.79. The number of hydrogen-bond acceptors (Lipinski definition) is 5. The van der Waals surface area contributed by atoms with E-state index in [0.29, 0.717) is 39.3 Å². The van der Waals surface area contributed by atoms with E-state index in [1.807, 2.05) is 0 Å². The maximum atomic E-state index is 12.8. The molecule has 3 aromatic rings. The summed E-state index contributed by atoms with van der Waals surface area (Å²) >= 11 is 0. The van der Waals surface area contributed by atoms with Crippen LogP contribution in [0.1, 0.15) is 21.7 Å². The second-order valence-electron chi connectivity index (χ2n) is 5.86. The van der Waals surface area contributed by atoms with E-state index in [-0.39, 0.29) is 11.7 Å². The number of sulfonamides is 1. The summed E-state index contributed by atoms with van der Waals surface area (Å²) in [5.41, 5.74) is 1.93. The number of aryl methyl sites for hydroxylation is 1. The Morgan fingerprint density at radius 1 is 1.23 bits per heavy atom. The number of benzene rings is 2. The largest absolute Gasteiger partial charge is 0.497 e. The molecule has 0 radical (unpaired) electrons. The van der Waals surface area contributed by atoms with Crippen LogP contribution in [0.25, 0.3) is 11.0 Å². The molecule has 0 aliphatic heterocycles. The van der Waals surface area contributed by atoms with Crippen LogP contribution in [0.5, 0.6) is 5.75 Å². The van der Waals surface area contributed by atoms with E-state index in [1.165, 1.54) is 0 Å². The van der Waals surface area contributed by atoms with Crippen molar-refractivity contribution >= 4 is 32.6 Å². The molecular weight excluding hydrogens is 356 g/mol. The van der Waals surface area contributed by atoms with Crippen molar-refractivity contribution in [3.05, 3.63) is 59.4 Å². The highest BCUT2D eigenvalue weighted by atomic mass is 32.2. The van der Waals surface area contributed by atoms with Gasteiger partial charge in [0.2, 0.25) is 10.0 Å². The highest BCUT2D eigenvalue weighted by Gasteiger charge is 2.19. The van der Waals surface area contributed by atoms with E-state index in [2.05, 4.69) is 5.32 Å². The summed E-state index contributed by atoms with van der Waals surface area (Å²) in [4.78, 5) is 12.8. The number of carbonyl (C=O) groups excluding carboxylic acids is 1. The number of methoxy groups -OCH3 is 1. The lowest BCUT2D eigenvalue weighted by molar-refractivity contribution is 0.102. The standard InChI is InChI=1S/C18H18N2O5S/c1-11-17(15-9-14(24-2)6-7-16(15)25-11)18(21)20-13-5-3-4-12(8-13)10-26(19,22)23/h3-9H,10H2,1-2H3,(H,20,21)(H2,19,22,23). The van der Waals surface area contributed by atoms with Gasteiger partial charge in [0.05, 0.1) is 18.4 Å². The van der Waals surface area contributed by atoms with Gasteiger partial charge < -0.3 is 14.5 Å². The fourth-order valence-corrected chi connectivity index (χ4v) is 3.42. The molecular formula is C18H18N2O5S. The van der Waals surface area contributed by atoms with Crippen molar-refractivity contribution < 1.29 is 22.4 Å². The van der Waals surface area contributed by atoms with Crippen LogP contribution in [-0.2, 0) is 15.8 Å². The maximum Gasteiger partial charge on any atom is 0.259 e. The summed E-state index contributed by atoms with van der Waals surface area (Å²) in [6.45, 7) is 1.71. The van der Waals surface area contributed by atoms with Gasteiger partial charge in [-0.05, 0) is 42.8 Å². The van der Waals surface area contributed by atoms with Gasteiger partial charge in [0.25, 0.3) is 5.91 Å². The molecule has 0 aliphatic carbocycles. The van der Waals surface area contributed by atoms with Crippen molar-refractivity contribution in [1.29, 1.82) is 0 Å². The van der Waals surface area contributed by atoms with Crippen LogP contribution in [0.15, 0.2) is 46.9 Å². The molecule has 2 aromatic carbocycles. The molecule has 0 aliphatic rings. The third-order valence-corrected chi connectivity index (χ3v) is 4.59. The molecule has 0 fully saturated rings. The number of rotatable bonds is 5. The second kappa shape index (κ2) is 6.81. The Morgan fingerprint density at radius 2 is 2.00 bits per heavy atom. The van der Waals surface area contributed by atoms with E-state index >= 15 is 0 Å². The zero-order valence-corrected chi connectivity index (χ0v) is 15.1. The molecule has 3 N–H and O–H groups in total. The van der Waals surface area contributed by atoms with Gasteiger partial charge in [-0.2, -0.15) is 0 Å². The van der Waals surface area contributed by atoms with Crippen LogP contribution < -0.4 is 15.2 Å². The molecule has 136 valence electrons. The van der Waals surface area contributed by atoms with Gasteiger partial charge >= 0.3 is 0 Å². The third kappa shape index (κ3) is 3.87. The Hall–Kier alpha value is -2.84. The molecule has 0 saturated carbocycles. The van der Waals surface area contributed by atoms with Gasteiger partial charge in [-0.1, -0.05) is 12.1 Å².